The first kappa shape index (κ1) is 22.3. The number of aliphatic hydroxyl groups is 1. The van der Waals surface area contributed by atoms with Gasteiger partial charge in [-0.3, -0.25) is 9.69 Å². The van der Waals surface area contributed by atoms with Gasteiger partial charge in [0, 0.05) is 37.8 Å². The van der Waals surface area contributed by atoms with Crippen molar-refractivity contribution in [1.29, 1.82) is 0 Å². The van der Waals surface area contributed by atoms with Crippen molar-refractivity contribution in [1.82, 2.24) is 4.90 Å². The van der Waals surface area contributed by atoms with Crippen molar-refractivity contribution in [2.24, 2.45) is 10.9 Å². The number of benzene rings is 2. The molecule has 0 radical (unpaired) electrons. The number of amides is 1. The van der Waals surface area contributed by atoms with Crippen LogP contribution in [0.2, 0.25) is 0 Å². The van der Waals surface area contributed by atoms with E-state index in [2.05, 4.69) is 34.2 Å². The number of carbonyl (C=O) groups is 1. The Labute approximate surface area is 184 Å². The molecule has 0 spiro atoms. The van der Waals surface area contributed by atoms with Crippen LogP contribution in [0, 0.1) is 5.92 Å². The Kier molecular flexibility index (Phi) is 7.88. The van der Waals surface area contributed by atoms with E-state index < -0.39 is 6.10 Å². The fraction of sp³-hybridized carbons (Fsp3) is 0.417. The molecule has 5 nitrogen and oxygen atoms in total. The number of rotatable bonds is 7. The maximum absolute atomic E-state index is 12.8. The van der Waals surface area contributed by atoms with Crippen molar-refractivity contribution in [3.05, 3.63) is 60.2 Å². The van der Waals surface area contributed by atoms with Crippen molar-refractivity contribution in [3.8, 4) is 0 Å². The van der Waals surface area contributed by atoms with Gasteiger partial charge >= 0.3 is 0 Å². The van der Waals surface area contributed by atoms with Gasteiger partial charge < -0.3 is 10.0 Å². The van der Waals surface area contributed by atoms with Gasteiger partial charge in [-0.2, -0.15) is 4.99 Å². The van der Waals surface area contributed by atoms with Gasteiger partial charge in [0.15, 0.2) is 0 Å². The highest BCUT2D eigenvalue weighted by atomic mass is 32.1. The average molecular weight is 424 g/mol. The third-order valence-corrected chi connectivity index (χ3v) is 5.86. The summed E-state index contributed by atoms with van der Waals surface area (Å²) in [6.07, 6.45) is 0.825. The molecule has 1 N–H and O–H groups in total. The number of nitrogens with zero attached hydrogens (tertiary/aromatic N) is 3. The number of β-amino-alcohol motifs (C(OH)–C–C–N with tert-alkyl or cyclic N) is 1. The van der Waals surface area contributed by atoms with Crippen LogP contribution in [-0.2, 0) is 4.79 Å². The van der Waals surface area contributed by atoms with E-state index in [4.69, 9.17) is 0 Å². The van der Waals surface area contributed by atoms with Crippen LogP contribution < -0.4 is 4.90 Å². The number of aliphatic hydroxyl groups excluding tert-OH is 1. The van der Waals surface area contributed by atoms with Gasteiger partial charge in [0.2, 0.25) is 5.91 Å². The van der Waals surface area contributed by atoms with E-state index >= 15 is 0 Å². The summed E-state index contributed by atoms with van der Waals surface area (Å²) >= 11 is 4.66. The van der Waals surface area contributed by atoms with Gasteiger partial charge in [0.05, 0.1) is 17.0 Å². The highest BCUT2D eigenvalue weighted by Crippen LogP contribution is 2.30. The van der Waals surface area contributed by atoms with Crippen molar-refractivity contribution in [2.45, 2.75) is 38.8 Å². The minimum absolute atomic E-state index is 0.121. The summed E-state index contributed by atoms with van der Waals surface area (Å²) in [7, 11) is 0. The Morgan fingerprint density at radius 3 is 2.57 bits per heavy atom. The first-order valence-electron chi connectivity index (χ1n) is 10.5. The number of thiocarbonyl (C=S) groups is 1. The molecule has 1 saturated heterocycles. The highest BCUT2D eigenvalue weighted by molar-refractivity contribution is 7.78. The van der Waals surface area contributed by atoms with Crippen molar-refractivity contribution in [2.75, 3.05) is 24.5 Å². The smallest absolute Gasteiger partial charge is 0.226 e. The summed E-state index contributed by atoms with van der Waals surface area (Å²) in [6.45, 7) is 6.38. The van der Waals surface area contributed by atoms with E-state index in [1.807, 2.05) is 66.4 Å². The first-order chi connectivity index (χ1) is 14.5. The molecule has 2 aromatic carbocycles. The maximum Gasteiger partial charge on any atom is 0.226 e. The minimum atomic E-state index is -0.502. The standard InChI is InChI=1S/C24H29N3O2S/c1-3-24(29)27(21-11-9-20(10-12-21)25-17-30)22-13-14-26(15-18(22)2)16-23(28)19-7-5-4-6-8-19/h4-12,18,22-23,28H,3,13-16H2,1-2H3. The van der Waals surface area contributed by atoms with E-state index in [1.54, 1.807) is 0 Å². The predicted molar refractivity (Wildman–Crippen MR) is 124 cm³/mol. The number of carbonyl (C=O) groups excluding carboxylic acids is 1. The number of aliphatic imine (C=N–C) groups is 1. The van der Waals surface area contributed by atoms with Crippen LogP contribution in [0.15, 0.2) is 59.6 Å². The molecule has 0 bridgehead atoms. The first-order valence-corrected chi connectivity index (χ1v) is 10.9. The second-order valence-electron chi connectivity index (χ2n) is 7.86. The van der Waals surface area contributed by atoms with E-state index in [0.29, 0.717) is 13.0 Å². The number of isothiocyanates is 1. The molecule has 1 aliphatic rings. The SMILES string of the molecule is CCC(=O)N(c1ccc(N=C=S)cc1)C1CCN(CC(O)c2ccccc2)CC1C. The van der Waals surface area contributed by atoms with E-state index in [1.165, 1.54) is 0 Å². The van der Waals surface area contributed by atoms with Gasteiger partial charge in [0.25, 0.3) is 0 Å². The topological polar surface area (TPSA) is 56.1 Å². The Bertz CT molecular complexity index is 881. The van der Waals surface area contributed by atoms with Crippen LogP contribution >= 0.6 is 12.2 Å². The van der Waals surface area contributed by atoms with Gasteiger partial charge in [-0.25, -0.2) is 0 Å². The number of hydrogen-bond acceptors (Lipinski definition) is 5. The van der Waals surface area contributed by atoms with Gasteiger partial charge in [-0.05, 0) is 54.4 Å². The summed E-state index contributed by atoms with van der Waals surface area (Å²) in [5.41, 5.74) is 2.56. The summed E-state index contributed by atoms with van der Waals surface area (Å²) in [6, 6.07) is 17.5. The normalized spacial score (nSPS) is 20.2. The van der Waals surface area contributed by atoms with Crippen LogP contribution in [0.4, 0.5) is 11.4 Å². The van der Waals surface area contributed by atoms with E-state index in [-0.39, 0.29) is 17.9 Å². The highest BCUT2D eigenvalue weighted by Gasteiger charge is 2.34. The summed E-state index contributed by atoms with van der Waals surface area (Å²) in [4.78, 5) is 21.1. The number of likely N-dealkylation sites (tertiary alicyclic amines) is 1. The molecule has 0 aliphatic carbocycles. The Hall–Kier alpha value is -2.37. The second-order valence-corrected chi connectivity index (χ2v) is 8.04. The summed E-state index contributed by atoms with van der Waals surface area (Å²) < 4.78 is 0. The molecule has 0 aromatic heterocycles. The lowest BCUT2D eigenvalue weighted by atomic mass is 9.91. The molecular formula is C24H29N3O2S. The molecule has 30 heavy (non-hydrogen) atoms. The Balaban J connectivity index is 1.70. The second kappa shape index (κ2) is 10.6. The molecule has 1 heterocycles. The summed E-state index contributed by atoms with van der Waals surface area (Å²) in [5.74, 6) is 0.409. The largest absolute Gasteiger partial charge is 0.387 e. The monoisotopic (exact) mass is 423 g/mol. The van der Waals surface area contributed by atoms with E-state index in [0.717, 1.165) is 36.4 Å². The fourth-order valence-corrected chi connectivity index (χ4v) is 4.33. The van der Waals surface area contributed by atoms with Crippen LogP contribution in [0.5, 0.6) is 0 Å². The molecule has 3 rings (SSSR count). The average Bonchev–Trinajstić information content (AvgIpc) is 2.77. The quantitative estimate of drug-likeness (QED) is 0.522. The molecule has 1 aliphatic heterocycles. The number of anilines is 1. The van der Waals surface area contributed by atoms with Crippen LogP contribution in [0.1, 0.15) is 38.4 Å². The number of hydrogen-bond donors (Lipinski definition) is 1. The lowest BCUT2D eigenvalue weighted by Gasteiger charge is -2.43. The summed E-state index contributed by atoms with van der Waals surface area (Å²) in [5, 5.41) is 13.0. The molecule has 2 aromatic rings. The zero-order chi connectivity index (χ0) is 21.5. The van der Waals surface area contributed by atoms with Crippen molar-refractivity contribution in [3.63, 3.8) is 0 Å². The van der Waals surface area contributed by atoms with E-state index in [9.17, 15) is 9.90 Å². The van der Waals surface area contributed by atoms with Crippen LogP contribution in [0.3, 0.4) is 0 Å². The van der Waals surface area contributed by atoms with Crippen LogP contribution in [-0.4, -0.2) is 46.8 Å². The van der Waals surface area contributed by atoms with Crippen molar-refractivity contribution >= 4 is 34.7 Å². The minimum Gasteiger partial charge on any atom is -0.387 e. The molecule has 158 valence electrons. The molecule has 1 amide bonds. The lowest BCUT2D eigenvalue weighted by Crippen LogP contribution is -2.52. The van der Waals surface area contributed by atoms with Gasteiger partial charge in [0.1, 0.15) is 0 Å². The molecule has 1 fully saturated rings. The van der Waals surface area contributed by atoms with Crippen LogP contribution in [0.25, 0.3) is 0 Å². The maximum atomic E-state index is 12.8. The Morgan fingerprint density at radius 2 is 1.97 bits per heavy atom. The van der Waals surface area contributed by atoms with Crippen molar-refractivity contribution < 1.29 is 9.90 Å². The third-order valence-electron chi connectivity index (χ3n) is 5.77. The number of piperidine rings is 1. The molecule has 6 heteroatoms. The molecular weight excluding hydrogens is 394 g/mol. The zero-order valence-electron chi connectivity index (χ0n) is 17.6. The van der Waals surface area contributed by atoms with Gasteiger partial charge in [-0.15, -0.1) is 0 Å². The molecule has 3 atom stereocenters. The Morgan fingerprint density at radius 1 is 1.27 bits per heavy atom. The fourth-order valence-electron chi connectivity index (χ4n) is 4.23. The third kappa shape index (κ3) is 5.41. The van der Waals surface area contributed by atoms with Gasteiger partial charge in [-0.1, -0.05) is 44.2 Å². The lowest BCUT2D eigenvalue weighted by molar-refractivity contribution is -0.119. The molecule has 3 unspecified atom stereocenters. The predicted octanol–water partition coefficient (Wildman–Crippen LogP) is 4.61. The zero-order valence-corrected chi connectivity index (χ0v) is 18.4. The molecule has 0 saturated carbocycles.